The summed E-state index contributed by atoms with van der Waals surface area (Å²) in [5, 5.41) is 12.3. The van der Waals surface area contributed by atoms with Gasteiger partial charge in [-0.1, -0.05) is 17.7 Å². The number of rotatable bonds is 4. The summed E-state index contributed by atoms with van der Waals surface area (Å²) in [7, 11) is 0. The number of pyridine rings is 1. The monoisotopic (exact) mass is 320 g/mol. The third-order valence-electron chi connectivity index (χ3n) is 2.67. The second kappa shape index (κ2) is 5.84. The van der Waals surface area contributed by atoms with Gasteiger partial charge in [0.05, 0.1) is 0 Å². The van der Waals surface area contributed by atoms with E-state index in [0.717, 1.165) is 15.7 Å². The molecule has 1 unspecified atom stereocenters. The van der Waals surface area contributed by atoms with E-state index in [1.54, 1.807) is 18.5 Å². The van der Waals surface area contributed by atoms with Gasteiger partial charge in [0.25, 0.3) is 0 Å². The second-order valence-corrected chi connectivity index (χ2v) is 5.13. The van der Waals surface area contributed by atoms with Crippen molar-refractivity contribution >= 4 is 27.6 Å². The summed E-state index contributed by atoms with van der Waals surface area (Å²) >= 11 is 3.29. The van der Waals surface area contributed by atoms with Crippen LogP contribution in [0.5, 0.6) is 0 Å². The molecule has 0 fully saturated rings. The Hall–Kier alpha value is -1.88. The number of aliphatic carboxylic acids is 1. The fourth-order valence-electron chi connectivity index (χ4n) is 1.69. The molecule has 5 heteroatoms. The average molecular weight is 321 g/mol. The minimum absolute atomic E-state index is 0.599. The van der Waals surface area contributed by atoms with Gasteiger partial charge in [-0.3, -0.25) is 4.98 Å². The number of carboxylic acids is 1. The van der Waals surface area contributed by atoms with Crippen LogP contribution >= 0.6 is 15.9 Å². The molecule has 0 bridgehead atoms. The zero-order valence-electron chi connectivity index (χ0n) is 10.3. The highest BCUT2D eigenvalue weighted by molar-refractivity contribution is 9.10. The molecule has 0 aliphatic carbocycles. The van der Waals surface area contributed by atoms with Gasteiger partial charge >= 0.3 is 5.97 Å². The van der Waals surface area contributed by atoms with Crippen LogP contribution in [0.4, 0.5) is 5.69 Å². The van der Waals surface area contributed by atoms with E-state index < -0.39 is 12.0 Å². The number of hydrogen-bond donors (Lipinski definition) is 2. The molecule has 19 heavy (non-hydrogen) atoms. The summed E-state index contributed by atoms with van der Waals surface area (Å²) in [4.78, 5) is 15.4. The zero-order chi connectivity index (χ0) is 13.8. The predicted molar refractivity (Wildman–Crippen MR) is 77.1 cm³/mol. The van der Waals surface area contributed by atoms with Crippen LogP contribution in [0.3, 0.4) is 0 Å². The first-order chi connectivity index (χ1) is 9.06. The summed E-state index contributed by atoms with van der Waals surface area (Å²) < 4.78 is 0.752. The highest BCUT2D eigenvalue weighted by atomic mass is 79.9. The van der Waals surface area contributed by atoms with E-state index in [0.29, 0.717) is 5.56 Å². The number of aromatic nitrogens is 1. The molecule has 98 valence electrons. The minimum Gasteiger partial charge on any atom is -0.479 e. The van der Waals surface area contributed by atoms with Crippen LogP contribution in [0.1, 0.15) is 17.2 Å². The summed E-state index contributed by atoms with van der Waals surface area (Å²) in [5.41, 5.74) is 2.49. The molecule has 0 saturated carbocycles. The Morgan fingerprint density at radius 3 is 2.58 bits per heavy atom. The van der Waals surface area contributed by atoms with Crippen molar-refractivity contribution in [3.05, 3.63) is 58.3 Å². The van der Waals surface area contributed by atoms with E-state index in [2.05, 4.69) is 26.2 Å². The number of carboxylic acid groups (broad SMARTS) is 1. The molecule has 1 heterocycles. The maximum atomic E-state index is 11.4. The normalized spacial score (nSPS) is 11.9. The maximum Gasteiger partial charge on any atom is 0.330 e. The smallest absolute Gasteiger partial charge is 0.330 e. The lowest BCUT2D eigenvalue weighted by atomic mass is 10.1. The van der Waals surface area contributed by atoms with Gasteiger partial charge in [-0.2, -0.15) is 0 Å². The van der Waals surface area contributed by atoms with Crippen molar-refractivity contribution in [3.8, 4) is 0 Å². The molecule has 0 amide bonds. The summed E-state index contributed by atoms with van der Waals surface area (Å²) in [6.07, 6.45) is 3.17. The van der Waals surface area contributed by atoms with Gasteiger partial charge in [0.2, 0.25) is 0 Å². The minimum atomic E-state index is -0.944. The fourth-order valence-corrected chi connectivity index (χ4v) is 2.07. The predicted octanol–water partition coefficient (Wildman–Crippen LogP) is 3.39. The Morgan fingerprint density at radius 1 is 1.32 bits per heavy atom. The topological polar surface area (TPSA) is 62.2 Å². The first-order valence-corrected chi connectivity index (χ1v) is 6.52. The van der Waals surface area contributed by atoms with Gasteiger partial charge in [0.1, 0.15) is 0 Å². The Labute approximate surface area is 119 Å². The second-order valence-electron chi connectivity index (χ2n) is 4.22. The van der Waals surface area contributed by atoms with Crippen molar-refractivity contribution in [2.24, 2.45) is 0 Å². The van der Waals surface area contributed by atoms with Gasteiger partial charge in [0, 0.05) is 28.1 Å². The van der Waals surface area contributed by atoms with Gasteiger partial charge in [0.15, 0.2) is 6.04 Å². The molecule has 2 aromatic rings. The molecular weight excluding hydrogens is 308 g/mol. The third kappa shape index (κ3) is 3.54. The first-order valence-electron chi connectivity index (χ1n) is 5.73. The van der Waals surface area contributed by atoms with Crippen molar-refractivity contribution in [3.63, 3.8) is 0 Å². The van der Waals surface area contributed by atoms with Crippen LogP contribution in [-0.2, 0) is 4.79 Å². The van der Waals surface area contributed by atoms with E-state index in [4.69, 9.17) is 0 Å². The Balaban J connectivity index is 2.26. The molecule has 1 aromatic heterocycles. The van der Waals surface area contributed by atoms with Crippen LogP contribution in [0.2, 0.25) is 0 Å². The Kier molecular flexibility index (Phi) is 4.16. The lowest BCUT2D eigenvalue weighted by Crippen LogP contribution is -2.20. The summed E-state index contributed by atoms with van der Waals surface area (Å²) in [6.45, 7) is 1.98. The molecule has 2 rings (SSSR count). The van der Waals surface area contributed by atoms with Crippen molar-refractivity contribution < 1.29 is 9.90 Å². The maximum absolute atomic E-state index is 11.4. The highest BCUT2D eigenvalue weighted by Gasteiger charge is 2.20. The molecule has 0 spiro atoms. The van der Waals surface area contributed by atoms with Crippen molar-refractivity contribution in [1.29, 1.82) is 0 Å². The number of nitrogens with zero attached hydrogens (tertiary/aromatic N) is 1. The highest BCUT2D eigenvalue weighted by Crippen LogP contribution is 2.22. The van der Waals surface area contributed by atoms with Gasteiger partial charge < -0.3 is 10.4 Å². The number of carbonyl (C=O) groups is 1. The fraction of sp³-hybridized carbons (Fsp3) is 0.143. The molecule has 0 aliphatic rings. The lowest BCUT2D eigenvalue weighted by molar-refractivity contribution is -0.138. The SMILES string of the molecule is Cc1ccc(NC(C(=O)O)c2cncc(Br)c2)cc1. The van der Waals surface area contributed by atoms with Crippen molar-refractivity contribution in [2.45, 2.75) is 13.0 Å². The van der Waals surface area contributed by atoms with Crippen LogP contribution < -0.4 is 5.32 Å². The molecule has 1 atom stereocenters. The number of hydrogen-bond acceptors (Lipinski definition) is 3. The first kappa shape index (κ1) is 13.5. The van der Waals surface area contributed by atoms with Gasteiger partial charge in [-0.15, -0.1) is 0 Å². The van der Waals surface area contributed by atoms with E-state index in [1.165, 1.54) is 0 Å². The summed E-state index contributed by atoms with van der Waals surface area (Å²) in [5.74, 6) is -0.944. The Morgan fingerprint density at radius 2 is 2.00 bits per heavy atom. The van der Waals surface area contributed by atoms with E-state index in [1.807, 2.05) is 31.2 Å². The quantitative estimate of drug-likeness (QED) is 0.906. The lowest BCUT2D eigenvalue weighted by Gasteiger charge is -2.16. The zero-order valence-corrected chi connectivity index (χ0v) is 11.9. The summed E-state index contributed by atoms with van der Waals surface area (Å²) in [6, 6.07) is 8.49. The Bertz CT molecular complexity index is 584. The van der Waals surface area contributed by atoms with E-state index in [9.17, 15) is 9.90 Å². The number of benzene rings is 1. The largest absolute Gasteiger partial charge is 0.479 e. The van der Waals surface area contributed by atoms with Crippen LogP contribution in [0, 0.1) is 6.92 Å². The van der Waals surface area contributed by atoms with Crippen LogP contribution in [-0.4, -0.2) is 16.1 Å². The molecule has 0 radical (unpaired) electrons. The van der Waals surface area contributed by atoms with E-state index >= 15 is 0 Å². The number of nitrogens with one attached hydrogen (secondary N) is 1. The number of aryl methyl sites for hydroxylation is 1. The average Bonchev–Trinajstić information content (AvgIpc) is 2.37. The van der Waals surface area contributed by atoms with Gasteiger partial charge in [-0.25, -0.2) is 4.79 Å². The molecular formula is C14H13BrN2O2. The third-order valence-corrected chi connectivity index (χ3v) is 3.10. The number of anilines is 1. The van der Waals surface area contributed by atoms with Crippen LogP contribution in [0.25, 0.3) is 0 Å². The molecule has 4 nitrogen and oxygen atoms in total. The molecule has 1 aromatic carbocycles. The van der Waals surface area contributed by atoms with Crippen LogP contribution in [0.15, 0.2) is 47.2 Å². The molecule has 0 saturated heterocycles. The number of halogens is 1. The molecule has 2 N–H and O–H groups in total. The molecule has 0 aliphatic heterocycles. The van der Waals surface area contributed by atoms with E-state index in [-0.39, 0.29) is 0 Å². The van der Waals surface area contributed by atoms with Crippen molar-refractivity contribution in [2.75, 3.05) is 5.32 Å². The standard InChI is InChI=1S/C14H13BrN2O2/c1-9-2-4-12(5-3-9)17-13(14(18)19)10-6-11(15)8-16-7-10/h2-8,13,17H,1H3,(H,18,19). The van der Waals surface area contributed by atoms with Crippen molar-refractivity contribution in [1.82, 2.24) is 4.98 Å². The van der Waals surface area contributed by atoms with Gasteiger partial charge in [-0.05, 0) is 41.1 Å².